The van der Waals surface area contributed by atoms with E-state index in [9.17, 15) is 13.2 Å². The van der Waals surface area contributed by atoms with E-state index >= 15 is 0 Å². The minimum Gasteiger partial charge on any atom is -0.317 e. The van der Waals surface area contributed by atoms with Crippen LogP contribution < -0.4 is 5.32 Å². The minimum absolute atomic E-state index is 0.441. The highest BCUT2D eigenvalue weighted by atomic mass is 19.4. The second kappa shape index (κ2) is 5.86. The summed E-state index contributed by atoms with van der Waals surface area (Å²) in [6.07, 6.45) is 0.900. The molecule has 1 N–H and O–H groups in total. The third-order valence-electron chi connectivity index (χ3n) is 3.62. The topological polar surface area (TPSA) is 37.8 Å². The SMILES string of the molecule is Cc1nc(C(F)(F)F)ncc1CCC1CCNCC1. The van der Waals surface area contributed by atoms with Gasteiger partial charge in [0.15, 0.2) is 0 Å². The Labute approximate surface area is 110 Å². The lowest BCUT2D eigenvalue weighted by molar-refractivity contribution is -0.145. The van der Waals surface area contributed by atoms with Crippen LogP contribution in [0.5, 0.6) is 0 Å². The van der Waals surface area contributed by atoms with E-state index in [2.05, 4.69) is 15.3 Å². The maximum Gasteiger partial charge on any atom is 0.451 e. The molecule has 0 spiro atoms. The summed E-state index contributed by atoms with van der Waals surface area (Å²) in [6, 6.07) is 0. The Morgan fingerprint density at radius 2 is 2.00 bits per heavy atom. The second-order valence-electron chi connectivity index (χ2n) is 5.03. The number of rotatable bonds is 3. The summed E-state index contributed by atoms with van der Waals surface area (Å²) >= 11 is 0. The van der Waals surface area contributed by atoms with Crippen LogP contribution in [0.25, 0.3) is 0 Å². The van der Waals surface area contributed by atoms with Crippen LogP contribution in [-0.4, -0.2) is 23.1 Å². The Morgan fingerprint density at radius 1 is 1.32 bits per heavy atom. The van der Waals surface area contributed by atoms with Gasteiger partial charge < -0.3 is 5.32 Å². The number of alkyl halides is 3. The van der Waals surface area contributed by atoms with E-state index in [1.165, 1.54) is 6.20 Å². The molecule has 0 saturated carbocycles. The molecule has 106 valence electrons. The first-order valence-corrected chi connectivity index (χ1v) is 6.57. The molecule has 0 atom stereocenters. The zero-order valence-electron chi connectivity index (χ0n) is 10.9. The fourth-order valence-corrected chi connectivity index (χ4v) is 2.40. The largest absolute Gasteiger partial charge is 0.451 e. The van der Waals surface area contributed by atoms with Crippen molar-refractivity contribution < 1.29 is 13.2 Å². The maximum absolute atomic E-state index is 12.4. The average Bonchev–Trinajstić information content (AvgIpc) is 2.37. The quantitative estimate of drug-likeness (QED) is 0.920. The number of nitrogens with zero attached hydrogens (tertiary/aromatic N) is 2. The van der Waals surface area contributed by atoms with Crippen molar-refractivity contribution in [3.05, 3.63) is 23.3 Å². The van der Waals surface area contributed by atoms with Gasteiger partial charge in [0, 0.05) is 11.9 Å². The van der Waals surface area contributed by atoms with Crippen LogP contribution >= 0.6 is 0 Å². The molecule has 0 aromatic carbocycles. The molecule has 0 bridgehead atoms. The molecule has 3 nitrogen and oxygen atoms in total. The van der Waals surface area contributed by atoms with Crippen molar-refractivity contribution in [2.24, 2.45) is 5.92 Å². The predicted molar refractivity (Wildman–Crippen MR) is 65.7 cm³/mol. The molecular formula is C13H18F3N3. The van der Waals surface area contributed by atoms with Crippen LogP contribution in [0.1, 0.15) is 36.3 Å². The highest BCUT2D eigenvalue weighted by Gasteiger charge is 2.34. The van der Waals surface area contributed by atoms with Gasteiger partial charge in [0.1, 0.15) is 0 Å². The van der Waals surface area contributed by atoms with Crippen LogP contribution in [0.2, 0.25) is 0 Å². The van der Waals surface area contributed by atoms with Crippen LogP contribution in [0.15, 0.2) is 6.20 Å². The summed E-state index contributed by atoms with van der Waals surface area (Å²) in [6.45, 7) is 3.69. The molecule has 0 amide bonds. The molecule has 1 aliphatic heterocycles. The third-order valence-corrected chi connectivity index (χ3v) is 3.62. The first-order valence-electron chi connectivity index (χ1n) is 6.57. The molecule has 1 aromatic rings. The zero-order chi connectivity index (χ0) is 13.9. The smallest absolute Gasteiger partial charge is 0.317 e. The van der Waals surface area contributed by atoms with Crippen molar-refractivity contribution in [3.8, 4) is 0 Å². The number of nitrogens with one attached hydrogen (secondary N) is 1. The molecule has 0 aliphatic carbocycles. The number of aryl methyl sites for hydroxylation is 2. The maximum atomic E-state index is 12.4. The number of hydrogen-bond acceptors (Lipinski definition) is 3. The van der Waals surface area contributed by atoms with Crippen molar-refractivity contribution in [2.45, 2.75) is 38.8 Å². The molecule has 1 fully saturated rings. The van der Waals surface area contributed by atoms with Gasteiger partial charge in [-0.1, -0.05) is 0 Å². The Balaban J connectivity index is 1.97. The lowest BCUT2D eigenvalue weighted by Crippen LogP contribution is -2.28. The molecule has 1 aliphatic rings. The molecule has 19 heavy (non-hydrogen) atoms. The zero-order valence-corrected chi connectivity index (χ0v) is 10.9. The monoisotopic (exact) mass is 273 g/mol. The summed E-state index contributed by atoms with van der Waals surface area (Å²) in [5, 5.41) is 3.30. The fourth-order valence-electron chi connectivity index (χ4n) is 2.40. The predicted octanol–water partition coefficient (Wildman–Crippen LogP) is 2.74. The van der Waals surface area contributed by atoms with Gasteiger partial charge in [-0.05, 0) is 57.2 Å². The van der Waals surface area contributed by atoms with Crippen LogP contribution in [0.4, 0.5) is 13.2 Å². The van der Waals surface area contributed by atoms with Crippen LogP contribution in [0.3, 0.4) is 0 Å². The van der Waals surface area contributed by atoms with E-state index in [1.807, 2.05) is 0 Å². The Morgan fingerprint density at radius 3 is 2.58 bits per heavy atom. The van der Waals surface area contributed by atoms with Crippen molar-refractivity contribution in [3.63, 3.8) is 0 Å². The molecule has 0 unspecified atom stereocenters. The van der Waals surface area contributed by atoms with Crippen LogP contribution in [0, 0.1) is 12.8 Å². The number of aromatic nitrogens is 2. The molecule has 6 heteroatoms. The van der Waals surface area contributed by atoms with Gasteiger partial charge in [-0.3, -0.25) is 0 Å². The Hall–Kier alpha value is -1.17. The van der Waals surface area contributed by atoms with Gasteiger partial charge in [-0.2, -0.15) is 13.2 Å². The highest BCUT2D eigenvalue weighted by Crippen LogP contribution is 2.27. The molecule has 1 saturated heterocycles. The van der Waals surface area contributed by atoms with Crippen LogP contribution in [-0.2, 0) is 12.6 Å². The van der Waals surface area contributed by atoms with Gasteiger partial charge in [0.25, 0.3) is 0 Å². The summed E-state index contributed by atoms with van der Waals surface area (Å²) in [5.41, 5.74) is 1.27. The van der Waals surface area contributed by atoms with Crippen molar-refractivity contribution >= 4 is 0 Å². The summed E-state index contributed by atoms with van der Waals surface area (Å²) < 4.78 is 37.3. The molecule has 0 radical (unpaired) electrons. The van der Waals surface area contributed by atoms with Gasteiger partial charge in [0.2, 0.25) is 5.82 Å². The average molecular weight is 273 g/mol. The van der Waals surface area contributed by atoms with E-state index in [1.54, 1.807) is 6.92 Å². The van der Waals surface area contributed by atoms with Crippen molar-refractivity contribution in [2.75, 3.05) is 13.1 Å². The lowest BCUT2D eigenvalue weighted by Gasteiger charge is -2.22. The lowest BCUT2D eigenvalue weighted by atomic mass is 9.91. The summed E-state index contributed by atoms with van der Waals surface area (Å²) in [7, 11) is 0. The van der Waals surface area contributed by atoms with E-state index in [-0.39, 0.29) is 0 Å². The van der Waals surface area contributed by atoms with E-state index < -0.39 is 12.0 Å². The van der Waals surface area contributed by atoms with E-state index in [4.69, 9.17) is 0 Å². The normalized spacial score (nSPS) is 17.7. The highest BCUT2D eigenvalue weighted by molar-refractivity contribution is 5.17. The minimum atomic E-state index is -4.46. The summed E-state index contributed by atoms with van der Waals surface area (Å²) in [5.74, 6) is -0.390. The molecular weight excluding hydrogens is 255 g/mol. The Bertz CT molecular complexity index is 426. The molecule has 2 heterocycles. The Kier molecular flexibility index (Phi) is 4.39. The number of halogens is 3. The molecule has 1 aromatic heterocycles. The standard InChI is InChI=1S/C13H18F3N3/c1-9-11(3-2-10-4-6-17-7-5-10)8-18-12(19-9)13(14,15)16/h8,10,17H,2-7H2,1H3. The molecule has 2 rings (SSSR count). The van der Waals surface area contributed by atoms with Gasteiger partial charge in [0.05, 0.1) is 0 Å². The van der Waals surface area contributed by atoms with Crippen molar-refractivity contribution in [1.82, 2.24) is 15.3 Å². The number of piperidine rings is 1. The van der Waals surface area contributed by atoms with E-state index in [0.29, 0.717) is 11.6 Å². The summed E-state index contributed by atoms with van der Waals surface area (Å²) in [4.78, 5) is 6.99. The van der Waals surface area contributed by atoms with Gasteiger partial charge >= 0.3 is 6.18 Å². The van der Waals surface area contributed by atoms with E-state index in [0.717, 1.165) is 44.3 Å². The third kappa shape index (κ3) is 3.89. The van der Waals surface area contributed by atoms with Crippen molar-refractivity contribution in [1.29, 1.82) is 0 Å². The van der Waals surface area contributed by atoms with Gasteiger partial charge in [-0.15, -0.1) is 0 Å². The van der Waals surface area contributed by atoms with Gasteiger partial charge in [-0.25, -0.2) is 9.97 Å². The first-order chi connectivity index (χ1) is 8.97. The second-order valence-corrected chi connectivity index (χ2v) is 5.03. The fraction of sp³-hybridized carbons (Fsp3) is 0.692. The number of hydrogen-bond donors (Lipinski definition) is 1. The first kappa shape index (κ1) is 14.2.